The molecule has 0 amide bonds. The van der Waals surface area contributed by atoms with E-state index < -0.39 is 0 Å². The molecule has 102 valence electrons. The third-order valence-corrected chi connectivity index (χ3v) is 3.83. The molecule has 2 aromatic heterocycles. The van der Waals surface area contributed by atoms with Crippen molar-refractivity contribution in [1.82, 2.24) is 20.3 Å². The molecule has 1 N–H and O–H groups in total. The predicted molar refractivity (Wildman–Crippen MR) is 75.6 cm³/mol. The fourth-order valence-electron chi connectivity index (χ4n) is 1.71. The maximum absolute atomic E-state index is 5.58. The van der Waals surface area contributed by atoms with E-state index in [2.05, 4.69) is 20.3 Å². The number of hydrogen-bond acceptors (Lipinski definition) is 6. The van der Waals surface area contributed by atoms with E-state index in [0.29, 0.717) is 12.6 Å². The molecule has 0 aliphatic heterocycles. The molecule has 5 nitrogen and oxygen atoms in total. The Morgan fingerprint density at radius 1 is 1.26 bits per heavy atom. The van der Waals surface area contributed by atoms with Gasteiger partial charge in [0.1, 0.15) is 0 Å². The molecule has 0 saturated heterocycles. The van der Waals surface area contributed by atoms with Crippen molar-refractivity contribution in [1.29, 1.82) is 0 Å². The Morgan fingerprint density at radius 2 is 2.11 bits per heavy atom. The fraction of sp³-hybridized carbons (Fsp3) is 0.462. The van der Waals surface area contributed by atoms with Crippen LogP contribution in [0, 0.1) is 13.8 Å². The van der Waals surface area contributed by atoms with Crippen LogP contribution in [0.15, 0.2) is 11.7 Å². The molecule has 6 heteroatoms. The summed E-state index contributed by atoms with van der Waals surface area (Å²) >= 11 is 1.66. The summed E-state index contributed by atoms with van der Waals surface area (Å²) in [6, 6.07) is 0.444. The minimum Gasteiger partial charge on any atom is -0.463 e. The van der Waals surface area contributed by atoms with Crippen LogP contribution < -0.4 is 10.1 Å². The van der Waals surface area contributed by atoms with Crippen LogP contribution in [-0.4, -0.2) is 28.6 Å². The quantitative estimate of drug-likeness (QED) is 0.874. The van der Waals surface area contributed by atoms with E-state index in [1.54, 1.807) is 11.3 Å². The molecular formula is C13H18N4OS. The summed E-state index contributed by atoms with van der Waals surface area (Å²) in [5.41, 5.74) is 4.98. The van der Waals surface area contributed by atoms with Crippen LogP contribution in [0.4, 0.5) is 0 Å². The molecule has 0 aliphatic rings. The summed E-state index contributed by atoms with van der Waals surface area (Å²) in [5.74, 6) is 0. The highest BCUT2D eigenvalue weighted by molar-refractivity contribution is 7.09. The van der Waals surface area contributed by atoms with Gasteiger partial charge in [0.05, 0.1) is 17.8 Å². The zero-order chi connectivity index (χ0) is 13.7. The van der Waals surface area contributed by atoms with Gasteiger partial charge in [0.2, 0.25) is 0 Å². The predicted octanol–water partition coefficient (Wildman–Crippen LogP) is 1.89. The van der Waals surface area contributed by atoms with E-state index in [1.165, 1.54) is 4.88 Å². The zero-order valence-electron chi connectivity index (χ0n) is 11.4. The first-order valence-corrected chi connectivity index (χ1v) is 7.07. The van der Waals surface area contributed by atoms with Gasteiger partial charge in [0, 0.05) is 35.3 Å². The fourth-order valence-corrected chi connectivity index (χ4v) is 2.47. The molecule has 0 fully saturated rings. The number of nitrogens with one attached hydrogen (secondary N) is 1. The molecule has 0 radical (unpaired) electrons. The Balaban J connectivity index is 1.89. The molecule has 19 heavy (non-hydrogen) atoms. The number of aromatic nitrogens is 3. The van der Waals surface area contributed by atoms with Gasteiger partial charge >= 0.3 is 6.01 Å². The molecule has 0 aliphatic carbocycles. The SMILES string of the molecule is CNCc1cnc(OCCc2scnc2C)nc1C. The molecule has 0 bridgehead atoms. The van der Waals surface area contributed by atoms with Crippen LogP contribution in [-0.2, 0) is 13.0 Å². The van der Waals surface area contributed by atoms with Gasteiger partial charge in [0.25, 0.3) is 0 Å². The molecular weight excluding hydrogens is 260 g/mol. The van der Waals surface area contributed by atoms with E-state index in [-0.39, 0.29) is 0 Å². The third-order valence-electron chi connectivity index (χ3n) is 2.83. The minimum atomic E-state index is 0.444. The number of aryl methyl sites for hydroxylation is 2. The Labute approximate surface area is 117 Å². The average Bonchev–Trinajstić information content (AvgIpc) is 2.79. The van der Waals surface area contributed by atoms with E-state index in [0.717, 1.165) is 29.9 Å². The average molecular weight is 278 g/mol. The van der Waals surface area contributed by atoms with Crippen LogP contribution >= 0.6 is 11.3 Å². The maximum atomic E-state index is 5.58. The lowest BCUT2D eigenvalue weighted by atomic mass is 10.2. The molecule has 0 atom stereocenters. The van der Waals surface area contributed by atoms with Crippen LogP contribution in [0.5, 0.6) is 6.01 Å². The standard InChI is InChI=1S/C13H18N4OS/c1-9-11(6-14-3)7-15-13(17-9)18-5-4-12-10(2)16-8-19-12/h7-8,14H,4-6H2,1-3H3. The number of ether oxygens (including phenoxy) is 1. The maximum Gasteiger partial charge on any atom is 0.316 e. The minimum absolute atomic E-state index is 0.444. The van der Waals surface area contributed by atoms with Crippen LogP contribution in [0.25, 0.3) is 0 Å². The normalized spacial score (nSPS) is 10.7. The van der Waals surface area contributed by atoms with Crippen molar-refractivity contribution in [3.05, 3.63) is 33.5 Å². The van der Waals surface area contributed by atoms with Crippen molar-refractivity contribution in [3.63, 3.8) is 0 Å². The van der Waals surface area contributed by atoms with Gasteiger partial charge in [-0.3, -0.25) is 0 Å². The van der Waals surface area contributed by atoms with Crippen molar-refractivity contribution < 1.29 is 4.74 Å². The largest absolute Gasteiger partial charge is 0.463 e. The van der Waals surface area contributed by atoms with Gasteiger partial charge in [-0.1, -0.05) is 0 Å². The summed E-state index contributed by atoms with van der Waals surface area (Å²) in [7, 11) is 1.90. The van der Waals surface area contributed by atoms with Crippen LogP contribution in [0.2, 0.25) is 0 Å². The highest BCUT2D eigenvalue weighted by atomic mass is 32.1. The Bertz CT molecular complexity index is 541. The second kappa shape index (κ2) is 6.58. The van der Waals surface area contributed by atoms with Crippen molar-refractivity contribution in [2.75, 3.05) is 13.7 Å². The van der Waals surface area contributed by atoms with Gasteiger partial charge in [-0.15, -0.1) is 11.3 Å². The van der Waals surface area contributed by atoms with E-state index in [4.69, 9.17) is 4.74 Å². The van der Waals surface area contributed by atoms with Crippen molar-refractivity contribution in [2.24, 2.45) is 0 Å². The van der Waals surface area contributed by atoms with E-state index in [9.17, 15) is 0 Å². The Morgan fingerprint density at radius 3 is 2.74 bits per heavy atom. The second-order valence-corrected chi connectivity index (χ2v) is 5.19. The molecule has 0 spiro atoms. The first-order chi connectivity index (χ1) is 9.20. The number of rotatable bonds is 6. The number of hydrogen-bond donors (Lipinski definition) is 1. The first kappa shape index (κ1) is 13.9. The third kappa shape index (κ3) is 3.71. The van der Waals surface area contributed by atoms with Gasteiger partial charge < -0.3 is 10.1 Å². The lowest BCUT2D eigenvalue weighted by Gasteiger charge is -2.07. The monoisotopic (exact) mass is 278 g/mol. The Hall–Kier alpha value is -1.53. The highest BCUT2D eigenvalue weighted by Gasteiger charge is 2.05. The molecule has 2 heterocycles. The van der Waals surface area contributed by atoms with Gasteiger partial charge in [-0.25, -0.2) is 15.0 Å². The summed E-state index contributed by atoms with van der Waals surface area (Å²) in [4.78, 5) is 14.0. The van der Waals surface area contributed by atoms with Gasteiger partial charge in [-0.2, -0.15) is 0 Å². The van der Waals surface area contributed by atoms with E-state index in [1.807, 2.05) is 32.6 Å². The first-order valence-electron chi connectivity index (χ1n) is 6.19. The topological polar surface area (TPSA) is 59.9 Å². The summed E-state index contributed by atoms with van der Waals surface area (Å²) in [6.07, 6.45) is 2.66. The second-order valence-electron chi connectivity index (χ2n) is 4.25. The summed E-state index contributed by atoms with van der Waals surface area (Å²) in [6.45, 7) is 5.33. The molecule has 2 aromatic rings. The van der Waals surface area contributed by atoms with Crippen molar-refractivity contribution in [3.8, 4) is 6.01 Å². The summed E-state index contributed by atoms with van der Waals surface area (Å²) in [5, 5.41) is 3.09. The molecule has 0 aromatic carbocycles. The smallest absolute Gasteiger partial charge is 0.316 e. The summed E-state index contributed by atoms with van der Waals surface area (Å²) < 4.78 is 5.58. The molecule has 0 saturated carbocycles. The van der Waals surface area contributed by atoms with Crippen molar-refractivity contribution >= 4 is 11.3 Å². The van der Waals surface area contributed by atoms with E-state index >= 15 is 0 Å². The molecule has 0 unspecified atom stereocenters. The lowest BCUT2D eigenvalue weighted by Crippen LogP contribution is -2.10. The van der Waals surface area contributed by atoms with Gasteiger partial charge in [0.15, 0.2) is 0 Å². The lowest BCUT2D eigenvalue weighted by molar-refractivity contribution is 0.295. The van der Waals surface area contributed by atoms with Gasteiger partial charge in [-0.05, 0) is 20.9 Å². The van der Waals surface area contributed by atoms with Crippen LogP contribution in [0.1, 0.15) is 21.8 Å². The zero-order valence-corrected chi connectivity index (χ0v) is 12.3. The number of thiazole rings is 1. The molecule has 2 rings (SSSR count). The van der Waals surface area contributed by atoms with Crippen molar-refractivity contribution in [2.45, 2.75) is 26.8 Å². The van der Waals surface area contributed by atoms with Crippen LogP contribution in [0.3, 0.4) is 0 Å². The Kier molecular flexibility index (Phi) is 4.81. The highest BCUT2D eigenvalue weighted by Crippen LogP contribution is 2.13. The number of nitrogens with zero attached hydrogens (tertiary/aromatic N) is 3.